The minimum atomic E-state index is 0.320. The average molecular weight is 227 g/mol. The Morgan fingerprint density at radius 3 is 2.67 bits per heavy atom. The van der Waals surface area contributed by atoms with E-state index in [0.717, 1.165) is 19.5 Å². The van der Waals surface area contributed by atoms with E-state index in [1.54, 1.807) is 0 Å². The van der Waals surface area contributed by atoms with Crippen LogP contribution < -0.4 is 5.73 Å². The predicted molar refractivity (Wildman–Crippen MR) is 60.4 cm³/mol. The molecule has 0 aromatic heterocycles. The number of nitrogens with zero attached hydrogens (tertiary/aromatic N) is 1. The van der Waals surface area contributed by atoms with Gasteiger partial charge in [-0.2, -0.15) is 0 Å². The van der Waals surface area contributed by atoms with Crippen molar-refractivity contribution >= 4 is 17.4 Å². The second kappa shape index (κ2) is 4.37. The van der Waals surface area contributed by atoms with Crippen LogP contribution in [0.5, 0.6) is 0 Å². The Bertz CT molecular complexity index is 325. The minimum absolute atomic E-state index is 0.320. The van der Waals surface area contributed by atoms with Crippen molar-refractivity contribution in [3.8, 4) is 0 Å². The summed E-state index contributed by atoms with van der Waals surface area (Å²) in [6, 6.07) is 0.320. The Kier molecular flexibility index (Phi) is 3.12. The number of carbonyl (C=O) groups excluding carboxylic acids is 1. The molecule has 4 heteroatoms. The molecule has 1 heterocycles. The van der Waals surface area contributed by atoms with Crippen LogP contribution in [0.3, 0.4) is 0 Å². The summed E-state index contributed by atoms with van der Waals surface area (Å²) in [7, 11) is 0. The number of piperidine rings is 1. The Hall–Kier alpha value is -0.800. The molecule has 0 bridgehead atoms. The van der Waals surface area contributed by atoms with Crippen molar-refractivity contribution in [1.82, 2.24) is 4.90 Å². The highest BCUT2D eigenvalue weighted by Crippen LogP contribution is 2.23. The fourth-order valence-electron chi connectivity index (χ4n) is 2.06. The van der Waals surface area contributed by atoms with E-state index in [0.29, 0.717) is 35.4 Å². The van der Waals surface area contributed by atoms with Gasteiger partial charge in [0.05, 0.1) is 5.03 Å². The molecular formula is C11H15ClN2O. The van der Waals surface area contributed by atoms with E-state index in [1.165, 1.54) is 0 Å². The zero-order valence-electron chi connectivity index (χ0n) is 8.58. The van der Waals surface area contributed by atoms with Crippen LogP contribution >= 0.6 is 11.6 Å². The van der Waals surface area contributed by atoms with Crippen molar-refractivity contribution in [2.24, 2.45) is 5.73 Å². The monoisotopic (exact) mass is 226 g/mol. The van der Waals surface area contributed by atoms with Gasteiger partial charge < -0.3 is 5.73 Å². The summed E-state index contributed by atoms with van der Waals surface area (Å²) in [5, 5.41) is 0.652. The number of hydrogen-bond acceptors (Lipinski definition) is 3. The second-order valence-electron chi connectivity index (χ2n) is 4.05. The number of Topliss-reactive ketones (excluding diaryl/α,β-unsaturated/α-hetero) is 1. The van der Waals surface area contributed by atoms with Gasteiger partial charge in [-0.15, -0.1) is 0 Å². The second-order valence-corrected chi connectivity index (χ2v) is 4.46. The number of carbonyl (C=O) groups is 1. The zero-order chi connectivity index (χ0) is 10.8. The Morgan fingerprint density at radius 2 is 2.07 bits per heavy atom. The lowest BCUT2D eigenvalue weighted by molar-refractivity contribution is -0.121. The molecule has 2 aliphatic rings. The topological polar surface area (TPSA) is 46.3 Å². The van der Waals surface area contributed by atoms with Gasteiger partial charge >= 0.3 is 0 Å². The molecule has 82 valence electrons. The van der Waals surface area contributed by atoms with Crippen LogP contribution in [-0.4, -0.2) is 29.8 Å². The van der Waals surface area contributed by atoms with Crippen LogP contribution in [0.15, 0.2) is 22.9 Å². The van der Waals surface area contributed by atoms with Crippen molar-refractivity contribution in [2.45, 2.75) is 25.3 Å². The molecule has 2 rings (SSSR count). The highest BCUT2D eigenvalue weighted by atomic mass is 35.5. The number of rotatable bonds is 1. The molecule has 1 unspecified atom stereocenters. The van der Waals surface area contributed by atoms with Gasteiger partial charge in [0.15, 0.2) is 0 Å². The molecule has 15 heavy (non-hydrogen) atoms. The largest absolute Gasteiger partial charge is 0.398 e. The van der Waals surface area contributed by atoms with Gasteiger partial charge in [0, 0.05) is 37.7 Å². The van der Waals surface area contributed by atoms with Gasteiger partial charge in [0.1, 0.15) is 5.78 Å². The van der Waals surface area contributed by atoms with E-state index in [-0.39, 0.29) is 0 Å². The minimum Gasteiger partial charge on any atom is -0.398 e. The third kappa shape index (κ3) is 2.41. The van der Waals surface area contributed by atoms with E-state index in [1.807, 2.05) is 12.2 Å². The van der Waals surface area contributed by atoms with Gasteiger partial charge in [-0.1, -0.05) is 17.7 Å². The predicted octanol–water partition coefficient (Wildman–Crippen LogP) is 1.39. The third-order valence-electron chi connectivity index (χ3n) is 3.01. The van der Waals surface area contributed by atoms with E-state index >= 15 is 0 Å². The molecule has 0 saturated carbocycles. The number of allylic oxidation sites excluding steroid dienone is 1. The van der Waals surface area contributed by atoms with E-state index in [2.05, 4.69) is 4.90 Å². The summed E-state index contributed by atoms with van der Waals surface area (Å²) in [6.45, 7) is 1.69. The summed E-state index contributed by atoms with van der Waals surface area (Å²) in [4.78, 5) is 13.4. The maximum atomic E-state index is 11.1. The normalized spacial score (nSPS) is 28.6. The van der Waals surface area contributed by atoms with Crippen LogP contribution in [0.2, 0.25) is 0 Å². The van der Waals surface area contributed by atoms with E-state index in [4.69, 9.17) is 17.3 Å². The first-order chi connectivity index (χ1) is 7.16. The number of hydrogen-bond donors (Lipinski definition) is 1. The zero-order valence-corrected chi connectivity index (χ0v) is 9.33. The number of ketones is 1. The van der Waals surface area contributed by atoms with Crippen molar-refractivity contribution in [2.75, 3.05) is 13.1 Å². The number of likely N-dealkylation sites (tertiary alicyclic amines) is 1. The lowest BCUT2D eigenvalue weighted by Gasteiger charge is -2.33. The van der Waals surface area contributed by atoms with E-state index in [9.17, 15) is 4.79 Å². The molecule has 1 aliphatic heterocycles. The van der Waals surface area contributed by atoms with Crippen LogP contribution in [0.4, 0.5) is 0 Å². The molecule has 3 nitrogen and oxygen atoms in total. The SMILES string of the molecule is NC1=CC(N2CCC(=O)CC2)CC=C1Cl. The first-order valence-electron chi connectivity index (χ1n) is 5.26. The molecule has 1 saturated heterocycles. The lowest BCUT2D eigenvalue weighted by atomic mass is 10.0. The number of halogens is 1. The standard InChI is InChI=1S/C11H15ClN2O/c12-10-2-1-8(7-11(10)13)14-5-3-9(15)4-6-14/h2,7-8H,1,3-6,13H2. The van der Waals surface area contributed by atoms with Gasteiger partial charge in [0.2, 0.25) is 0 Å². The smallest absolute Gasteiger partial charge is 0.135 e. The van der Waals surface area contributed by atoms with Crippen molar-refractivity contribution in [3.05, 3.63) is 22.9 Å². The van der Waals surface area contributed by atoms with E-state index < -0.39 is 0 Å². The van der Waals surface area contributed by atoms with Crippen LogP contribution in [0, 0.1) is 0 Å². The summed E-state index contributed by atoms with van der Waals surface area (Å²) in [5.41, 5.74) is 6.43. The van der Waals surface area contributed by atoms with Crippen LogP contribution in [-0.2, 0) is 4.79 Å². The number of nitrogens with two attached hydrogens (primary N) is 1. The molecule has 1 aliphatic carbocycles. The maximum Gasteiger partial charge on any atom is 0.135 e. The van der Waals surface area contributed by atoms with Crippen molar-refractivity contribution in [1.29, 1.82) is 0 Å². The maximum absolute atomic E-state index is 11.1. The fraction of sp³-hybridized carbons (Fsp3) is 0.545. The van der Waals surface area contributed by atoms with Gasteiger partial charge in [-0.25, -0.2) is 0 Å². The van der Waals surface area contributed by atoms with Gasteiger partial charge in [-0.05, 0) is 12.5 Å². The molecule has 0 amide bonds. The highest BCUT2D eigenvalue weighted by Gasteiger charge is 2.23. The van der Waals surface area contributed by atoms with Crippen molar-refractivity contribution in [3.63, 3.8) is 0 Å². The molecule has 0 aromatic rings. The summed E-state index contributed by atoms with van der Waals surface area (Å²) < 4.78 is 0. The lowest BCUT2D eigenvalue weighted by Crippen LogP contribution is -2.41. The molecule has 2 N–H and O–H groups in total. The molecule has 1 fully saturated rings. The molecular weight excluding hydrogens is 212 g/mol. The van der Waals surface area contributed by atoms with Crippen molar-refractivity contribution < 1.29 is 4.79 Å². The summed E-state index contributed by atoms with van der Waals surface area (Å²) in [5.74, 6) is 0.368. The van der Waals surface area contributed by atoms with Crippen LogP contribution in [0.25, 0.3) is 0 Å². The van der Waals surface area contributed by atoms with Gasteiger partial charge in [0.25, 0.3) is 0 Å². The quantitative estimate of drug-likeness (QED) is 0.735. The Labute approximate surface area is 94.6 Å². The first kappa shape index (κ1) is 10.7. The van der Waals surface area contributed by atoms with Gasteiger partial charge in [-0.3, -0.25) is 9.69 Å². The van der Waals surface area contributed by atoms with Crippen LogP contribution in [0.1, 0.15) is 19.3 Å². The Morgan fingerprint density at radius 1 is 1.40 bits per heavy atom. The average Bonchev–Trinajstić information content (AvgIpc) is 2.23. The third-order valence-corrected chi connectivity index (χ3v) is 3.38. The molecule has 0 spiro atoms. The molecule has 0 radical (unpaired) electrons. The summed E-state index contributed by atoms with van der Waals surface area (Å²) in [6.07, 6.45) is 6.19. The highest BCUT2D eigenvalue weighted by molar-refractivity contribution is 6.31. The Balaban J connectivity index is 1.99. The molecule has 0 aromatic carbocycles. The molecule has 1 atom stereocenters. The summed E-state index contributed by atoms with van der Waals surface area (Å²) >= 11 is 5.89. The first-order valence-corrected chi connectivity index (χ1v) is 5.63. The fourth-order valence-corrected chi connectivity index (χ4v) is 2.21.